The van der Waals surface area contributed by atoms with Crippen molar-refractivity contribution < 1.29 is 19.8 Å². The van der Waals surface area contributed by atoms with E-state index >= 15 is 0 Å². The van der Waals surface area contributed by atoms with Gasteiger partial charge in [-0.2, -0.15) is 0 Å². The van der Waals surface area contributed by atoms with Gasteiger partial charge in [-0.3, -0.25) is 4.79 Å². The van der Waals surface area contributed by atoms with Crippen molar-refractivity contribution in [1.29, 1.82) is 0 Å². The van der Waals surface area contributed by atoms with Crippen LogP contribution in [0.1, 0.15) is 22.3 Å². The maximum absolute atomic E-state index is 11.6. The van der Waals surface area contributed by atoms with E-state index in [1.54, 1.807) is 0 Å². The molecule has 1 aromatic rings. The topological polar surface area (TPSA) is 112 Å². The lowest BCUT2D eigenvalue weighted by atomic mass is 10.2. The van der Waals surface area contributed by atoms with Gasteiger partial charge in [0.1, 0.15) is 4.88 Å². The Morgan fingerprint density at radius 3 is 2.75 bits per heavy atom. The van der Waals surface area contributed by atoms with Crippen molar-refractivity contribution in [2.45, 2.75) is 19.4 Å². The van der Waals surface area contributed by atoms with Gasteiger partial charge in [-0.05, 0) is 18.0 Å². The third-order valence-corrected chi connectivity index (χ3v) is 2.65. The highest BCUT2D eigenvalue weighted by Gasteiger charge is 2.22. The van der Waals surface area contributed by atoms with Crippen molar-refractivity contribution in [1.82, 2.24) is 14.9 Å². The minimum atomic E-state index is -1.31. The number of carbonyl (C=O) groups is 2. The molecule has 0 bridgehead atoms. The number of nitrogens with one attached hydrogen (secondary N) is 1. The van der Waals surface area contributed by atoms with Gasteiger partial charge in [-0.15, -0.1) is 5.10 Å². The van der Waals surface area contributed by atoms with E-state index in [1.165, 1.54) is 0 Å². The van der Waals surface area contributed by atoms with Gasteiger partial charge in [-0.25, -0.2) is 4.79 Å². The second-order valence-electron chi connectivity index (χ2n) is 2.95. The molecular formula is C8H11N3O4S. The van der Waals surface area contributed by atoms with Crippen LogP contribution >= 0.6 is 11.5 Å². The van der Waals surface area contributed by atoms with Crippen molar-refractivity contribution in [3.63, 3.8) is 0 Å². The van der Waals surface area contributed by atoms with E-state index < -0.39 is 24.5 Å². The lowest BCUT2D eigenvalue weighted by Gasteiger charge is -2.10. The monoisotopic (exact) mass is 245 g/mol. The molecule has 1 unspecified atom stereocenters. The summed E-state index contributed by atoms with van der Waals surface area (Å²) in [6.07, 6.45) is 0.538. The van der Waals surface area contributed by atoms with Crippen LogP contribution in [0.2, 0.25) is 0 Å². The Morgan fingerprint density at radius 2 is 2.25 bits per heavy atom. The number of rotatable bonds is 5. The Kier molecular flexibility index (Phi) is 4.32. The summed E-state index contributed by atoms with van der Waals surface area (Å²) in [5.74, 6) is -1.86. The minimum absolute atomic E-state index is 0.280. The zero-order chi connectivity index (χ0) is 12.1. The quantitative estimate of drug-likeness (QED) is 0.630. The van der Waals surface area contributed by atoms with Crippen LogP contribution in [0.3, 0.4) is 0 Å². The molecular weight excluding hydrogens is 234 g/mol. The van der Waals surface area contributed by atoms with Gasteiger partial charge < -0.3 is 15.5 Å². The number of carboxylic acid groups (broad SMARTS) is 1. The SMILES string of the molecule is CCc1nnsc1C(=O)NC(CO)C(=O)O. The van der Waals surface area contributed by atoms with E-state index in [2.05, 4.69) is 14.9 Å². The number of aryl methyl sites for hydroxylation is 1. The second kappa shape index (κ2) is 5.52. The Hall–Kier alpha value is -1.54. The fraction of sp³-hybridized carbons (Fsp3) is 0.500. The molecule has 1 aromatic heterocycles. The summed E-state index contributed by atoms with van der Waals surface area (Å²) in [5, 5.41) is 23.3. The molecule has 0 aliphatic rings. The summed E-state index contributed by atoms with van der Waals surface area (Å²) in [4.78, 5) is 22.5. The van der Waals surface area contributed by atoms with Crippen molar-refractivity contribution in [3.8, 4) is 0 Å². The third-order valence-electron chi connectivity index (χ3n) is 1.88. The van der Waals surface area contributed by atoms with Crippen molar-refractivity contribution >= 4 is 23.4 Å². The number of carboxylic acids is 1. The number of aliphatic hydroxyl groups excluding tert-OH is 1. The molecule has 0 aliphatic carbocycles. The fourth-order valence-corrected chi connectivity index (χ4v) is 1.68. The van der Waals surface area contributed by atoms with Gasteiger partial charge in [-0.1, -0.05) is 11.4 Å². The molecule has 1 heterocycles. The van der Waals surface area contributed by atoms with Gasteiger partial charge in [0, 0.05) is 0 Å². The van der Waals surface area contributed by atoms with Crippen LogP contribution in [-0.4, -0.2) is 44.3 Å². The molecule has 88 valence electrons. The largest absolute Gasteiger partial charge is 0.480 e. The number of nitrogens with zero attached hydrogens (tertiary/aromatic N) is 2. The Morgan fingerprint density at radius 1 is 1.56 bits per heavy atom. The van der Waals surface area contributed by atoms with Gasteiger partial charge in [0.2, 0.25) is 0 Å². The summed E-state index contributed by atoms with van der Waals surface area (Å²) in [6.45, 7) is 1.16. The zero-order valence-corrected chi connectivity index (χ0v) is 9.32. The van der Waals surface area contributed by atoms with Crippen LogP contribution in [0.15, 0.2) is 0 Å². The lowest BCUT2D eigenvalue weighted by molar-refractivity contribution is -0.140. The standard InChI is InChI=1S/C8H11N3O4S/c1-2-4-6(16-11-10-4)7(13)9-5(3-12)8(14)15/h5,12H,2-3H2,1H3,(H,9,13)(H,14,15). The Bertz CT molecular complexity index is 392. The highest BCUT2D eigenvalue weighted by molar-refractivity contribution is 7.08. The van der Waals surface area contributed by atoms with Crippen LogP contribution in [0.25, 0.3) is 0 Å². The maximum Gasteiger partial charge on any atom is 0.328 e. The molecule has 1 rings (SSSR count). The fourth-order valence-electron chi connectivity index (χ4n) is 1.02. The van der Waals surface area contributed by atoms with Crippen LogP contribution in [0.4, 0.5) is 0 Å². The Balaban J connectivity index is 2.75. The third kappa shape index (κ3) is 2.74. The highest BCUT2D eigenvalue weighted by Crippen LogP contribution is 2.10. The molecule has 0 saturated heterocycles. The van der Waals surface area contributed by atoms with E-state index in [-0.39, 0.29) is 4.88 Å². The van der Waals surface area contributed by atoms with Crippen LogP contribution in [0.5, 0.6) is 0 Å². The van der Waals surface area contributed by atoms with E-state index in [1.807, 2.05) is 6.92 Å². The zero-order valence-electron chi connectivity index (χ0n) is 8.51. The Labute approximate surface area is 95.3 Å². The predicted molar refractivity (Wildman–Crippen MR) is 55.3 cm³/mol. The molecule has 0 aliphatic heterocycles. The first-order chi connectivity index (χ1) is 7.60. The number of carbonyl (C=O) groups excluding carboxylic acids is 1. The molecule has 1 amide bonds. The molecule has 0 fully saturated rings. The second-order valence-corrected chi connectivity index (χ2v) is 3.70. The minimum Gasteiger partial charge on any atom is -0.480 e. The van der Waals surface area contributed by atoms with Crippen LogP contribution in [0, 0.1) is 0 Å². The smallest absolute Gasteiger partial charge is 0.328 e. The predicted octanol–water partition coefficient (Wildman–Crippen LogP) is -0.724. The average molecular weight is 245 g/mol. The molecule has 3 N–H and O–H groups in total. The summed E-state index contributed by atoms with van der Waals surface area (Å²) in [6, 6.07) is -1.31. The molecule has 0 aromatic carbocycles. The number of aliphatic carboxylic acids is 1. The van der Waals surface area contributed by atoms with Gasteiger partial charge in [0.15, 0.2) is 6.04 Å². The van der Waals surface area contributed by atoms with Crippen molar-refractivity contribution in [3.05, 3.63) is 10.6 Å². The summed E-state index contributed by atoms with van der Waals surface area (Å²) in [7, 11) is 0. The van der Waals surface area contributed by atoms with Crippen LogP contribution in [-0.2, 0) is 11.2 Å². The number of amides is 1. The molecule has 16 heavy (non-hydrogen) atoms. The van der Waals surface area contributed by atoms with E-state index in [0.29, 0.717) is 12.1 Å². The maximum atomic E-state index is 11.6. The van der Waals surface area contributed by atoms with Gasteiger partial charge >= 0.3 is 5.97 Å². The number of aromatic nitrogens is 2. The van der Waals surface area contributed by atoms with Crippen molar-refractivity contribution in [2.24, 2.45) is 0 Å². The first-order valence-corrected chi connectivity index (χ1v) is 5.33. The molecule has 7 nitrogen and oxygen atoms in total. The van der Waals surface area contributed by atoms with Gasteiger partial charge in [0.05, 0.1) is 12.3 Å². The van der Waals surface area contributed by atoms with Crippen LogP contribution < -0.4 is 5.32 Å². The lowest BCUT2D eigenvalue weighted by Crippen LogP contribution is -2.43. The van der Waals surface area contributed by atoms with E-state index in [4.69, 9.17) is 10.2 Å². The summed E-state index contributed by atoms with van der Waals surface area (Å²) in [5.41, 5.74) is 0.518. The number of hydrogen-bond donors (Lipinski definition) is 3. The number of aliphatic hydroxyl groups is 1. The molecule has 8 heteroatoms. The molecule has 1 atom stereocenters. The highest BCUT2D eigenvalue weighted by atomic mass is 32.1. The summed E-state index contributed by atoms with van der Waals surface area (Å²) >= 11 is 0.899. The van der Waals surface area contributed by atoms with E-state index in [9.17, 15) is 9.59 Å². The molecule has 0 saturated carbocycles. The first kappa shape index (κ1) is 12.5. The first-order valence-electron chi connectivity index (χ1n) is 4.55. The van der Waals surface area contributed by atoms with Gasteiger partial charge in [0.25, 0.3) is 5.91 Å². The average Bonchev–Trinajstić information content (AvgIpc) is 2.72. The van der Waals surface area contributed by atoms with Crippen molar-refractivity contribution in [2.75, 3.05) is 6.61 Å². The van der Waals surface area contributed by atoms with E-state index in [0.717, 1.165) is 11.5 Å². The normalized spacial score (nSPS) is 12.1. The molecule has 0 spiro atoms. The number of hydrogen-bond acceptors (Lipinski definition) is 6. The molecule has 0 radical (unpaired) electrons. The summed E-state index contributed by atoms with van der Waals surface area (Å²) < 4.78 is 3.61.